The van der Waals surface area contributed by atoms with E-state index in [0.29, 0.717) is 11.8 Å². The van der Waals surface area contributed by atoms with Crippen LogP contribution in [0.5, 0.6) is 0 Å². The monoisotopic (exact) mass is 250 g/mol. The third-order valence-electron chi connectivity index (χ3n) is 3.64. The van der Waals surface area contributed by atoms with E-state index < -0.39 is 0 Å². The zero-order valence-electron chi connectivity index (χ0n) is 10.2. The molecule has 0 spiro atoms. The predicted octanol–water partition coefficient (Wildman–Crippen LogP) is 1.67. The number of piperidine rings is 1. The van der Waals surface area contributed by atoms with Crippen molar-refractivity contribution in [3.8, 4) is 0 Å². The second-order valence-electron chi connectivity index (χ2n) is 4.72. The highest BCUT2D eigenvalue weighted by Gasteiger charge is 2.26. The Kier molecular flexibility index (Phi) is 4.28. The lowest BCUT2D eigenvalue weighted by atomic mass is 9.79. The summed E-state index contributed by atoms with van der Waals surface area (Å²) >= 11 is 0. The quantitative estimate of drug-likeness (QED) is 0.629. The average Bonchev–Trinajstić information content (AvgIpc) is 2.40. The Hall–Kier alpha value is -1.46. The number of nitro benzene ring substituents is 1. The number of aliphatic hydroxyl groups excluding tert-OH is 1. The molecule has 2 rings (SSSR count). The molecule has 0 unspecified atom stereocenters. The molecule has 1 aliphatic rings. The lowest BCUT2D eigenvalue weighted by molar-refractivity contribution is -0.384. The van der Waals surface area contributed by atoms with Crippen molar-refractivity contribution < 1.29 is 10.0 Å². The summed E-state index contributed by atoms with van der Waals surface area (Å²) in [7, 11) is 0. The fourth-order valence-corrected chi connectivity index (χ4v) is 2.67. The molecule has 0 aliphatic carbocycles. The molecule has 1 heterocycles. The largest absolute Gasteiger partial charge is 0.396 e. The minimum Gasteiger partial charge on any atom is -0.396 e. The van der Waals surface area contributed by atoms with Gasteiger partial charge in [-0.2, -0.15) is 0 Å². The highest BCUT2D eigenvalue weighted by molar-refractivity contribution is 5.34. The fourth-order valence-electron chi connectivity index (χ4n) is 2.67. The molecule has 1 fully saturated rings. The Bertz CT molecular complexity index is 403. The van der Waals surface area contributed by atoms with Crippen molar-refractivity contribution in [3.63, 3.8) is 0 Å². The third-order valence-corrected chi connectivity index (χ3v) is 3.64. The van der Waals surface area contributed by atoms with Crippen molar-refractivity contribution in [1.29, 1.82) is 0 Å². The molecule has 5 nitrogen and oxygen atoms in total. The Morgan fingerprint density at radius 1 is 1.39 bits per heavy atom. The van der Waals surface area contributed by atoms with E-state index in [2.05, 4.69) is 5.32 Å². The van der Waals surface area contributed by atoms with Crippen LogP contribution in [0.25, 0.3) is 0 Å². The maximum absolute atomic E-state index is 10.6. The van der Waals surface area contributed by atoms with Gasteiger partial charge in [0.2, 0.25) is 0 Å². The number of hydrogen-bond donors (Lipinski definition) is 2. The van der Waals surface area contributed by atoms with Gasteiger partial charge < -0.3 is 10.4 Å². The highest BCUT2D eigenvalue weighted by Crippen LogP contribution is 2.32. The lowest BCUT2D eigenvalue weighted by Crippen LogP contribution is -2.35. The van der Waals surface area contributed by atoms with E-state index in [1.165, 1.54) is 0 Å². The summed E-state index contributed by atoms with van der Waals surface area (Å²) in [6.45, 7) is 2.06. The second kappa shape index (κ2) is 5.93. The minimum absolute atomic E-state index is 0.131. The number of nitrogens with zero attached hydrogens (tertiary/aromatic N) is 1. The first-order valence-electron chi connectivity index (χ1n) is 6.28. The van der Waals surface area contributed by atoms with Crippen LogP contribution >= 0.6 is 0 Å². The molecule has 98 valence electrons. The third kappa shape index (κ3) is 2.86. The smallest absolute Gasteiger partial charge is 0.269 e. The molecule has 18 heavy (non-hydrogen) atoms. The van der Waals surface area contributed by atoms with Gasteiger partial charge in [0, 0.05) is 18.7 Å². The van der Waals surface area contributed by atoms with Gasteiger partial charge in [-0.1, -0.05) is 12.1 Å². The maximum atomic E-state index is 10.6. The van der Waals surface area contributed by atoms with Crippen LogP contribution in [-0.2, 0) is 0 Å². The molecule has 0 aromatic heterocycles. The summed E-state index contributed by atoms with van der Waals surface area (Å²) in [4.78, 5) is 10.2. The van der Waals surface area contributed by atoms with Crippen LogP contribution in [0, 0.1) is 16.0 Å². The lowest BCUT2D eigenvalue weighted by Gasteiger charge is -2.32. The number of benzene rings is 1. The van der Waals surface area contributed by atoms with E-state index in [1.807, 2.05) is 12.1 Å². The molecule has 1 aromatic rings. The number of rotatable bonds is 4. The molecule has 0 amide bonds. The van der Waals surface area contributed by atoms with Gasteiger partial charge in [0.05, 0.1) is 4.92 Å². The van der Waals surface area contributed by atoms with Gasteiger partial charge in [-0.15, -0.1) is 0 Å². The topological polar surface area (TPSA) is 75.4 Å². The van der Waals surface area contributed by atoms with E-state index >= 15 is 0 Å². The standard InChI is InChI=1S/C13H18N2O3/c16-8-6-11-9-14-7-5-13(11)10-1-3-12(4-2-10)15(17)18/h1-4,11,13-14,16H,5-9H2/t11-,13-/m0/s1. The molecule has 1 saturated heterocycles. The summed E-state index contributed by atoms with van der Waals surface area (Å²) in [6, 6.07) is 6.82. The van der Waals surface area contributed by atoms with Crippen LogP contribution < -0.4 is 5.32 Å². The normalized spacial score (nSPS) is 23.8. The van der Waals surface area contributed by atoms with Crippen LogP contribution in [0.4, 0.5) is 5.69 Å². The van der Waals surface area contributed by atoms with Crippen molar-refractivity contribution in [2.24, 2.45) is 5.92 Å². The molecule has 2 N–H and O–H groups in total. The first-order valence-corrected chi connectivity index (χ1v) is 6.28. The fraction of sp³-hybridized carbons (Fsp3) is 0.538. The summed E-state index contributed by atoms with van der Waals surface area (Å²) in [6.07, 6.45) is 1.79. The van der Waals surface area contributed by atoms with Crippen molar-refractivity contribution in [3.05, 3.63) is 39.9 Å². The van der Waals surface area contributed by atoms with Crippen molar-refractivity contribution in [2.75, 3.05) is 19.7 Å². The van der Waals surface area contributed by atoms with E-state index in [4.69, 9.17) is 5.11 Å². The Labute approximate surface area is 106 Å². The maximum Gasteiger partial charge on any atom is 0.269 e. The number of aliphatic hydroxyl groups is 1. The van der Waals surface area contributed by atoms with E-state index in [1.54, 1.807) is 12.1 Å². The molecule has 2 atom stereocenters. The zero-order valence-corrected chi connectivity index (χ0v) is 10.2. The zero-order chi connectivity index (χ0) is 13.0. The van der Waals surface area contributed by atoms with Gasteiger partial charge >= 0.3 is 0 Å². The van der Waals surface area contributed by atoms with Crippen molar-refractivity contribution in [2.45, 2.75) is 18.8 Å². The van der Waals surface area contributed by atoms with E-state index in [-0.39, 0.29) is 17.2 Å². The Morgan fingerprint density at radius 2 is 2.11 bits per heavy atom. The average molecular weight is 250 g/mol. The molecule has 0 bridgehead atoms. The number of hydrogen-bond acceptors (Lipinski definition) is 4. The molecule has 0 radical (unpaired) electrons. The van der Waals surface area contributed by atoms with Crippen LogP contribution in [0.15, 0.2) is 24.3 Å². The molecular weight excluding hydrogens is 232 g/mol. The SMILES string of the molecule is O=[N+]([O-])c1ccc([C@@H]2CCNC[C@@H]2CCO)cc1. The Balaban J connectivity index is 2.15. The molecule has 5 heteroatoms. The number of nitrogens with one attached hydrogen (secondary N) is 1. The summed E-state index contributed by atoms with van der Waals surface area (Å²) in [5, 5.41) is 23.0. The van der Waals surface area contributed by atoms with Gasteiger partial charge in [-0.3, -0.25) is 10.1 Å². The first-order chi connectivity index (χ1) is 8.72. The molecule has 1 aliphatic heterocycles. The molecule has 0 saturated carbocycles. The van der Waals surface area contributed by atoms with Crippen LogP contribution in [0.2, 0.25) is 0 Å². The predicted molar refractivity (Wildman–Crippen MR) is 68.5 cm³/mol. The number of non-ortho nitro benzene ring substituents is 1. The van der Waals surface area contributed by atoms with Gasteiger partial charge in [0.15, 0.2) is 0 Å². The van der Waals surface area contributed by atoms with Crippen molar-refractivity contribution >= 4 is 5.69 Å². The second-order valence-corrected chi connectivity index (χ2v) is 4.72. The van der Waals surface area contributed by atoms with Crippen molar-refractivity contribution in [1.82, 2.24) is 5.32 Å². The Morgan fingerprint density at radius 3 is 2.72 bits per heavy atom. The minimum atomic E-state index is -0.378. The van der Waals surface area contributed by atoms with Gasteiger partial charge in [0.25, 0.3) is 5.69 Å². The van der Waals surface area contributed by atoms with E-state index in [0.717, 1.165) is 31.5 Å². The first kappa shape index (κ1) is 13.0. The van der Waals surface area contributed by atoms with Crippen LogP contribution in [0.3, 0.4) is 0 Å². The van der Waals surface area contributed by atoms with E-state index in [9.17, 15) is 10.1 Å². The molecule has 1 aromatic carbocycles. The summed E-state index contributed by atoms with van der Waals surface area (Å²) < 4.78 is 0. The van der Waals surface area contributed by atoms with Gasteiger partial charge in [-0.25, -0.2) is 0 Å². The summed E-state index contributed by atoms with van der Waals surface area (Å²) in [5.74, 6) is 0.796. The van der Waals surface area contributed by atoms with Crippen LogP contribution in [0.1, 0.15) is 24.3 Å². The highest BCUT2D eigenvalue weighted by atomic mass is 16.6. The van der Waals surface area contributed by atoms with Crippen LogP contribution in [-0.4, -0.2) is 29.7 Å². The van der Waals surface area contributed by atoms with Gasteiger partial charge in [0.1, 0.15) is 0 Å². The molecular formula is C13H18N2O3. The van der Waals surface area contributed by atoms with Gasteiger partial charge in [-0.05, 0) is 43.3 Å². The number of nitro groups is 1. The summed E-state index contributed by atoms with van der Waals surface area (Å²) in [5.41, 5.74) is 1.27.